The van der Waals surface area contributed by atoms with Gasteiger partial charge in [0.1, 0.15) is 0 Å². The number of halogens is 1. The number of carbonyl (C=O) groups is 1. The van der Waals surface area contributed by atoms with Gasteiger partial charge in [-0.3, -0.25) is 9.20 Å². The van der Waals surface area contributed by atoms with Crippen LogP contribution in [0.3, 0.4) is 0 Å². The van der Waals surface area contributed by atoms with Crippen molar-refractivity contribution in [1.29, 1.82) is 0 Å². The first kappa shape index (κ1) is 15.0. The van der Waals surface area contributed by atoms with E-state index in [0.717, 1.165) is 4.96 Å². The Morgan fingerprint density at radius 1 is 1.70 bits per heavy atom. The van der Waals surface area contributed by atoms with Crippen LogP contribution in [0, 0.1) is 0 Å². The van der Waals surface area contributed by atoms with Crippen molar-refractivity contribution in [3.05, 3.63) is 28.5 Å². The van der Waals surface area contributed by atoms with Gasteiger partial charge >= 0.3 is 0 Å². The van der Waals surface area contributed by atoms with Crippen molar-refractivity contribution < 1.29 is 9.90 Å². The molecular weight excluding hydrogens is 298 g/mol. The van der Waals surface area contributed by atoms with Gasteiger partial charge in [-0.15, -0.1) is 11.3 Å². The lowest BCUT2D eigenvalue weighted by atomic mass is 10.2. The van der Waals surface area contributed by atoms with E-state index in [2.05, 4.69) is 4.98 Å². The van der Waals surface area contributed by atoms with Crippen molar-refractivity contribution >= 4 is 39.9 Å². The highest BCUT2D eigenvalue weighted by molar-refractivity contribution is 7.15. The average molecular weight is 314 g/mol. The molecule has 0 aliphatic heterocycles. The van der Waals surface area contributed by atoms with Crippen LogP contribution >= 0.6 is 22.9 Å². The third kappa shape index (κ3) is 3.39. The van der Waals surface area contributed by atoms with Crippen LogP contribution in [-0.2, 0) is 4.79 Å². The normalized spacial score (nSPS) is 13.2. The van der Waals surface area contributed by atoms with Crippen molar-refractivity contribution in [3.63, 3.8) is 0 Å². The van der Waals surface area contributed by atoms with Crippen LogP contribution in [-0.4, -0.2) is 45.0 Å². The summed E-state index contributed by atoms with van der Waals surface area (Å²) in [7, 11) is 1.70. The molecule has 5 nitrogen and oxygen atoms in total. The first-order valence-corrected chi connectivity index (χ1v) is 7.47. The molecule has 2 aromatic rings. The highest BCUT2D eigenvalue weighted by Crippen LogP contribution is 2.22. The van der Waals surface area contributed by atoms with Crippen LogP contribution in [0.15, 0.2) is 17.7 Å². The number of likely N-dealkylation sites (N-methyl/N-ethyl adjacent to an activating group) is 1. The minimum Gasteiger partial charge on any atom is -0.393 e. The number of amides is 1. The number of rotatable bonds is 5. The molecule has 1 N–H and O–H groups in total. The number of aliphatic hydroxyl groups excluding tert-OH is 1. The molecule has 7 heteroatoms. The molecule has 0 aromatic carbocycles. The summed E-state index contributed by atoms with van der Waals surface area (Å²) in [6.07, 6.45) is 5.13. The zero-order chi connectivity index (χ0) is 14.7. The van der Waals surface area contributed by atoms with Gasteiger partial charge in [-0.2, -0.15) is 0 Å². The fourth-order valence-corrected chi connectivity index (χ4v) is 2.70. The first-order chi connectivity index (χ1) is 9.49. The quantitative estimate of drug-likeness (QED) is 0.862. The molecule has 2 heterocycles. The maximum Gasteiger partial charge on any atom is 0.246 e. The number of aliphatic hydroxyl groups is 1. The zero-order valence-corrected chi connectivity index (χ0v) is 12.9. The maximum absolute atomic E-state index is 11.9. The summed E-state index contributed by atoms with van der Waals surface area (Å²) < 4.78 is 1.84. The second kappa shape index (κ2) is 6.39. The zero-order valence-electron chi connectivity index (χ0n) is 11.3. The number of aromatic nitrogens is 2. The Kier molecular flexibility index (Phi) is 4.80. The number of hydrogen-bond acceptors (Lipinski definition) is 4. The summed E-state index contributed by atoms with van der Waals surface area (Å²) in [4.78, 5) is 18.5. The number of thiazole rings is 1. The largest absolute Gasteiger partial charge is 0.393 e. The standard InChI is InChI=1S/C13H16ClN3O2S/c1-9(18)5-6-16(2)11(19)4-3-10-12(14)15-13-17(10)7-8-20-13/h3-4,7-9,18H,5-6H2,1-2H3. The van der Waals surface area contributed by atoms with E-state index in [-0.39, 0.29) is 5.91 Å². The Morgan fingerprint density at radius 3 is 3.15 bits per heavy atom. The van der Waals surface area contributed by atoms with E-state index in [9.17, 15) is 9.90 Å². The Bertz CT molecular complexity index is 633. The summed E-state index contributed by atoms with van der Waals surface area (Å²) in [5, 5.41) is 11.5. The fourth-order valence-electron chi connectivity index (χ4n) is 1.69. The highest BCUT2D eigenvalue weighted by Gasteiger charge is 2.10. The molecule has 0 saturated carbocycles. The van der Waals surface area contributed by atoms with E-state index >= 15 is 0 Å². The summed E-state index contributed by atoms with van der Waals surface area (Å²) in [5.41, 5.74) is 0.695. The molecule has 20 heavy (non-hydrogen) atoms. The monoisotopic (exact) mass is 313 g/mol. The molecule has 108 valence electrons. The fraction of sp³-hybridized carbons (Fsp3) is 0.385. The highest BCUT2D eigenvalue weighted by atomic mass is 35.5. The predicted molar refractivity (Wildman–Crippen MR) is 81.0 cm³/mol. The van der Waals surface area contributed by atoms with E-state index in [1.807, 2.05) is 16.0 Å². The van der Waals surface area contributed by atoms with Gasteiger partial charge < -0.3 is 10.0 Å². The molecule has 0 aliphatic rings. The van der Waals surface area contributed by atoms with Crippen molar-refractivity contribution in [1.82, 2.24) is 14.3 Å². The van der Waals surface area contributed by atoms with E-state index < -0.39 is 6.10 Å². The Hall–Kier alpha value is -1.37. The van der Waals surface area contributed by atoms with Crippen LogP contribution in [0.4, 0.5) is 0 Å². The Labute approximate surface area is 126 Å². The van der Waals surface area contributed by atoms with Gasteiger partial charge in [0, 0.05) is 31.2 Å². The second-order valence-electron chi connectivity index (χ2n) is 4.57. The predicted octanol–water partition coefficient (Wildman–Crippen LogP) is 2.29. The van der Waals surface area contributed by atoms with Crippen molar-refractivity contribution in [2.24, 2.45) is 0 Å². The van der Waals surface area contributed by atoms with Gasteiger partial charge in [0.05, 0.1) is 11.8 Å². The molecule has 0 fully saturated rings. The summed E-state index contributed by atoms with van der Waals surface area (Å²) >= 11 is 7.52. The summed E-state index contributed by atoms with van der Waals surface area (Å²) in [5.74, 6) is -0.133. The third-order valence-electron chi connectivity index (χ3n) is 2.90. The first-order valence-electron chi connectivity index (χ1n) is 6.21. The molecule has 0 radical (unpaired) electrons. The van der Waals surface area contributed by atoms with E-state index in [0.29, 0.717) is 23.8 Å². The van der Waals surface area contributed by atoms with Gasteiger partial charge in [0.25, 0.3) is 0 Å². The van der Waals surface area contributed by atoms with E-state index in [4.69, 9.17) is 11.6 Å². The van der Waals surface area contributed by atoms with E-state index in [1.54, 1.807) is 24.9 Å². The molecule has 1 atom stereocenters. The lowest BCUT2D eigenvalue weighted by molar-refractivity contribution is -0.124. The smallest absolute Gasteiger partial charge is 0.246 e. The second-order valence-corrected chi connectivity index (χ2v) is 5.81. The summed E-state index contributed by atoms with van der Waals surface area (Å²) in [6.45, 7) is 2.21. The topological polar surface area (TPSA) is 57.8 Å². The lowest BCUT2D eigenvalue weighted by Gasteiger charge is -2.15. The molecule has 0 bridgehead atoms. The van der Waals surface area contributed by atoms with E-state index in [1.165, 1.54) is 17.4 Å². The molecule has 2 aromatic heterocycles. The van der Waals surface area contributed by atoms with Crippen LogP contribution in [0.25, 0.3) is 11.0 Å². The number of nitrogens with zero attached hydrogens (tertiary/aromatic N) is 3. The molecule has 0 saturated heterocycles. The molecular formula is C13H16ClN3O2S. The minimum atomic E-state index is -0.413. The number of imidazole rings is 1. The number of fused-ring (bicyclic) bond motifs is 1. The van der Waals surface area contributed by atoms with Crippen LogP contribution in [0.1, 0.15) is 19.0 Å². The number of carbonyl (C=O) groups excluding carboxylic acids is 1. The average Bonchev–Trinajstić information content (AvgIpc) is 2.94. The van der Waals surface area contributed by atoms with Crippen molar-refractivity contribution in [3.8, 4) is 0 Å². The van der Waals surface area contributed by atoms with Gasteiger partial charge in [-0.05, 0) is 19.4 Å². The van der Waals surface area contributed by atoms with Crippen LogP contribution in [0.5, 0.6) is 0 Å². The lowest BCUT2D eigenvalue weighted by Crippen LogP contribution is -2.27. The van der Waals surface area contributed by atoms with Gasteiger partial charge in [0.2, 0.25) is 5.91 Å². The maximum atomic E-state index is 11.9. The third-order valence-corrected chi connectivity index (χ3v) is 3.93. The molecule has 0 spiro atoms. The summed E-state index contributed by atoms with van der Waals surface area (Å²) in [6, 6.07) is 0. The van der Waals surface area contributed by atoms with Crippen LogP contribution in [0.2, 0.25) is 5.15 Å². The van der Waals surface area contributed by atoms with Crippen molar-refractivity contribution in [2.75, 3.05) is 13.6 Å². The van der Waals surface area contributed by atoms with Crippen LogP contribution < -0.4 is 0 Å². The molecule has 2 rings (SSSR count). The number of hydrogen-bond donors (Lipinski definition) is 1. The molecule has 0 aliphatic carbocycles. The SMILES string of the molecule is CC(O)CCN(C)C(=O)C=Cc1c(Cl)nc2sccn12. The Morgan fingerprint density at radius 2 is 2.45 bits per heavy atom. The molecule has 1 amide bonds. The van der Waals surface area contributed by atoms with Crippen molar-refractivity contribution in [2.45, 2.75) is 19.4 Å². The molecule has 1 unspecified atom stereocenters. The van der Waals surface area contributed by atoms with Gasteiger partial charge in [-0.25, -0.2) is 4.98 Å². The van der Waals surface area contributed by atoms with Gasteiger partial charge in [-0.1, -0.05) is 11.6 Å². The van der Waals surface area contributed by atoms with Gasteiger partial charge in [0.15, 0.2) is 10.1 Å². The Balaban J connectivity index is 2.06. The minimum absolute atomic E-state index is 0.133.